The summed E-state index contributed by atoms with van der Waals surface area (Å²) in [5, 5.41) is 10.5. The fourth-order valence-corrected chi connectivity index (χ4v) is 2.80. The molecule has 130 valence electrons. The molecule has 2 aromatic rings. The van der Waals surface area contributed by atoms with Gasteiger partial charge in [-0.2, -0.15) is 0 Å². The summed E-state index contributed by atoms with van der Waals surface area (Å²) in [5.41, 5.74) is 6.26. The van der Waals surface area contributed by atoms with Gasteiger partial charge >= 0.3 is 0 Å². The summed E-state index contributed by atoms with van der Waals surface area (Å²) in [6.07, 6.45) is 5.11. The van der Waals surface area contributed by atoms with Gasteiger partial charge in [0.25, 0.3) is 11.8 Å². The molecule has 1 aromatic carbocycles. The monoisotopic (exact) mass is 361 g/mol. The number of hydrogen-bond donors (Lipinski definition) is 2. The Kier molecular flexibility index (Phi) is 5.85. The fourth-order valence-electron chi connectivity index (χ4n) is 2.13. The van der Waals surface area contributed by atoms with Gasteiger partial charge < -0.3 is 15.7 Å². The molecule has 1 aromatic heterocycles. The van der Waals surface area contributed by atoms with E-state index in [2.05, 4.69) is 10.9 Å². The number of aromatic nitrogens is 1. The maximum atomic E-state index is 13.6. The molecule has 1 atom stereocenters. The lowest BCUT2D eigenvalue weighted by Gasteiger charge is -2.04. The molecule has 1 aliphatic rings. The van der Waals surface area contributed by atoms with Crippen LogP contribution in [-0.4, -0.2) is 46.5 Å². The van der Waals surface area contributed by atoms with E-state index in [4.69, 9.17) is 17.3 Å². The van der Waals surface area contributed by atoms with Crippen molar-refractivity contribution in [3.8, 4) is 23.6 Å². The van der Waals surface area contributed by atoms with Gasteiger partial charge in [0.1, 0.15) is 11.9 Å². The number of carbonyl (C=O) groups is 2. The van der Waals surface area contributed by atoms with E-state index >= 15 is 0 Å². The smallest absolute Gasteiger partial charge is 0.277 e. The zero-order chi connectivity index (χ0) is 18.6. The van der Waals surface area contributed by atoms with Crippen molar-refractivity contribution in [2.75, 3.05) is 13.6 Å². The molecule has 0 aliphatic carbocycles. The second kappa shape index (κ2) is 7.88. The van der Waals surface area contributed by atoms with Crippen molar-refractivity contribution in [2.24, 2.45) is 5.73 Å². The van der Waals surface area contributed by atoms with Crippen LogP contribution in [0.5, 0.6) is 0 Å². The number of benzene rings is 1. The Hall–Kier alpha value is -2.76. The number of aliphatic hydroxyl groups excluding tert-OH is 1. The highest BCUT2D eigenvalue weighted by Gasteiger charge is 2.25. The van der Waals surface area contributed by atoms with E-state index in [1.165, 1.54) is 23.1 Å². The number of hydrogen-bond acceptors (Lipinski definition) is 5. The molecule has 0 saturated carbocycles. The maximum Gasteiger partial charge on any atom is 0.277 e. The quantitative estimate of drug-likeness (QED) is 0.787. The Balaban J connectivity index is 0.000000236. The molecular formula is C17H16FN3O3S. The Morgan fingerprint density at radius 2 is 2.28 bits per heavy atom. The van der Waals surface area contributed by atoms with Crippen LogP contribution in [0.4, 0.5) is 4.39 Å². The highest BCUT2D eigenvalue weighted by molar-refractivity contribution is 7.12. The summed E-state index contributed by atoms with van der Waals surface area (Å²) in [4.78, 5) is 27.0. The molecule has 0 spiro atoms. The van der Waals surface area contributed by atoms with Crippen molar-refractivity contribution in [1.29, 1.82) is 0 Å². The first kappa shape index (κ1) is 18.6. The molecule has 1 saturated heterocycles. The van der Waals surface area contributed by atoms with Crippen LogP contribution < -0.4 is 5.73 Å². The van der Waals surface area contributed by atoms with Gasteiger partial charge in [0, 0.05) is 30.1 Å². The van der Waals surface area contributed by atoms with Gasteiger partial charge in [-0.15, -0.1) is 17.8 Å². The maximum absolute atomic E-state index is 13.6. The van der Waals surface area contributed by atoms with E-state index in [0.29, 0.717) is 24.2 Å². The number of terminal acetylenes is 1. The number of nitrogens with zero attached hydrogens (tertiary/aromatic N) is 2. The molecule has 1 unspecified atom stereocenters. The number of likely N-dealkylation sites (N-methyl/N-ethyl adjacent to an activating group) is 1. The highest BCUT2D eigenvalue weighted by atomic mass is 32.1. The third-order valence-electron chi connectivity index (χ3n) is 3.52. The second-order valence-corrected chi connectivity index (χ2v) is 6.16. The first-order chi connectivity index (χ1) is 11.8. The summed E-state index contributed by atoms with van der Waals surface area (Å²) in [5.74, 6) is 1.19. The fraction of sp³-hybridized carbons (Fsp3) is 0.235. The highest BCUT2D eigenvalue weighted by Crippen LogP contribution is 2.25. The molecule has 0 bridgehead atoms. The number of aliphatic hydroxyl groups is 1. The molecule has 1 fully saturated rings. The van der Waals surface area contributed by atoms with Crippen LogP contribution in [-0.2, 0) is 4.79 Å². The average Bonchev–Trinajstić information content (AvgIpc) is 3.19. The normalized spacial score (nSPS) is 16.2. The number of thiazole rings is 1. The van der Waals surface area contributed by atoms with Gasteiger partial charge in [0.05, 0.1) is 5.69 Å². The molecule has 3 rings (SSSR count). The lowest BCUT2D eigenvalue weighted by Crippen LogP contribution is -2.24. The number of amides is 2. The average molecular weight is 361 g/mol. The van der Waals surface area contributed by atoms with Gasteiger partial charge in [-0.25, -0.2) is 9.37 Å². The topological polar surface area (TPSA) is 96.5 Å². The molecule has 2 heterocycles. The summed E-state index contributed by atoms with van der Waals surface area (Å²) in [7, 11) is 1.69. The van der Waals surface area contributed by atoms with Crippen molar-refractivity contribution in [3.63, 3.8) is 0 Å². The summed E-state index contributed by atoms with van der Waals surface area (Å²) in [6, 6.07) is 4.28. The molecule has 25 heavy (non-hydrogen) atoms. The van der Waals surface area contributed by atoms with Crippen molar-refractivity contribution in [1.82, 2.24) is 9.88 Å². The predicted molar refractivity (Wildman–Crippen MR) is 92.2 cm³/mol. The van der Waals surface area contributed by atoms with E-state index < -0.39 is 17.8 Å². The van der Waals surface area contributed by atoms with Gasteiger partial charge in [-0.3, -0.25) is 9.59 Å². The first-order valence-corrected chi connectivity index (χ1v) is 8.16. The summed E-state index contributed by atoms with van der Waals surface area (Å²) >= 11 is 1.07. The molecule has 6 nitrogen and oxygen atoms in total. The van der Waals surface area contributed by atoms with Crippen molar-refractivity contribution in [3.05, 3.63) is 40.0 Å². The van der Waals surface area contributed by atoms with Crippen molar-refractivity contribution in [2.45, 2.75) is 12.5 Å². The van der Waals surface area contributed by atoms with E-state index in [0.717, 1.165) is 11.3 Å². The largest absolute Gasteiger partial charge is 0.383 e. The van der Waals surface area contributed by atoms with Gasteiger partial charge in [-0.1, -0.05) is 5.92 Å². The Labute approximate surface area is 148 Å². The first-order valence-electron chi connectivity index (χ1n) is 7.28. The minimum Gasteiger partial charge on any atom is -0.383 e. The minimum atomic E-state index is -0.722. The molecule has 0 radical (unpaired) electrons. The second-order valence-electron chi connectivity index (χ2n) is 5.31. The van der Waals surface area contributed by atoms with E-state index in [1.54, 1.807) is 12.4 Å². The minimum absolute atomic E-state index is 0.144. The predicted octanol–water partition coefficient (Wildman–Crippen LogP) is 1.24. The Morgan fingerprint density at radius 3 is 2.72 bits per heavy atom. The molecule has 1 aliphatic heterocycles. The van der Waals surface area contributed by atoms with Crippen LogP contribution in [0.2, 0.25) is 0 Å². The summed E-state index contributed by atoms with van der Waals surface area (Å²) < 4.78 is 13.6. The number of likely N-dealkylation sites (tertiary alicyclic amines) is 1. The lowest BCUT2D eigenvalue weighted by molar-refractivity contribution is -0.133. The lowest BCUT2D eigenvalue weighted by atomic mass is 10.1. The standard InChI is InChI=1S/C12H7FN2OS.C5H9NO2/c1-2-7-3-4-9(13)8(5-7)10-6-17-12(15-10)11(14)16;1-6-3-2-4(7)5(6)8/h1,3-6H,(H2,14,16);4,7H,2-3H2,1H3. The molecular weight excluding hydrogens is 345 g/mol. The van der Waals surface area contributed by atoms with Gasteiger partial charge in [0.2, 0.25) is 0 Å². The molecule has 2 amide bonds. The number of carbonyl (C=O) groups excluding carboxylic acids is 2. The third-order valence-corrected chi connectivity index (χ3v) is 4.38. The zero-order valence-corrected chi connectivity index (χ0v) is 14.2. The third kappa shape index (κ3) is 4.41. The van der Waals surface area contributed by atoms with E-state index in [9.17, 15) is 14.0 Å². The van der Waals surface area contributed by atoms with Crippen molar-refractivity contribution >= 4 is 23.2 Å². The van der Waals surface area contributed by atoms with Crippen molar-refractivity contribution < 1.29 is 19.1 Å². The van der Waals surface area contributed by atoms with Crippen LogP contribution in [0.3, 0.4) is 0 Å². The zero-order valence-electron chi connectivity index (χ0n) is 13.4. The Morgan fingerprint density at radius 1 is 1.56 bits per heavy atom. The number of halogens is 1. The summed E-state index contributed by atoms with van der Waals surface area (Å²) in [6.45, 7) is 0.694. The SMILES string of the molecule is C#Cc1ccc(F)c(-c2csc(C(N)=O)n2)c1.CN1CCC(O)C1=O. The van der Waals surface area contributed by atoms with E-state index in [-0.39, 0.29) is 16.5 Å². The molecule has 3 N–H and O–H groups in total. The van der Waals surface area contributed by atoms with Crippen LogP contribution >= 0.6 is 11.3 Å². The van der Waals surface area contributed by atoms with E-state index in [1.807, 2.05) is 0 Å². The van der Waals surface area contributed by atoms with Crippen LogP contribution in [0.25, 0.3) is 11.3 Å². The molecule has 8 heteroatoms. The number of primary amides is 1. The van der Waals surface area contributed by atoms with Crippen LogP contribution in [0, 0.1) is 18.2 Å². The van der Waals surface area contributed by atoms with Crippen LogP contribution in [0.15, 0.2) is 23.6 Å². The Bertz CT molecular complexity index is 832. The van der Waals surface area contributed by atoms with Gasteiger partial charge in [-0.05, 0) is 24.6 Å². The van der Waals surface area contributed by atoms with Gasteiger partial charge in [0.15, 0.2) is 5.01 Å². The number of nitrogens with two attached hydrogens (primary N) is 1. The number of rotatable bonds is 2. The van der Waals surface area contributed by atoms with Crippen LogP contribution in [0.1, 0.15) is 21.8 Å².